The molecule has 0 aliphatic heterocycles. The molecule has 6 heteroatoms. The summed E-state index contributed by atoms with van der Waals surface area (Å²) < 4.78 is 1.90. The van der Waals surface area contributed by atoms with Gasteiger partial charge in [0.05, 0.1) is 5.69 Å². The number of rotatable bonds is 7. The first-order valence-corrected chi connectivity index (χ1v) is 9.12. The molecule has 2 rings (SSSR count). The molecule has 1 heterocycles. The van der Waals surface area contributed by atoms with Crippen molar-refractivity contribution < 1.29 is 4.79 Å². The van der Waals surface area contributed by atoms with Crippen LogP contribution >= 0.6 is 0 Å². The zero-order chi connectivity index (χ0) is 17.7. The third-order valence-corrected chi connectivity index (χ3v) is 5.24. The molecule has 0 bridgehead atoms. The summed E-state index contributed by atoms with van der Waals surface area (Å²) in [5.41, 5.74) is 3.44. The van der Waals surface area contributed by atoms with Gasteiger partial charge in [-0.25, -0.2) is 4.79 Å². The molecule has 1 fully saturated rings. The molecule has 0 aromatic carbocycles. The van der Waals surface area contributed by atoms with Gasteiger partial charge in [-0.1, -0.05) is 12.8 Å². The molecule has 1 aliphatic rings. The molecule has 0 unspecified atom stereocenters. The van der Waals surface area contributed by atoms with Crippen molar-refractivity contribution in [2.75, 3.05) is 20.1 Å². The Hall–Kier alpha value is -1.56. The lowest BCUT2D eigenvalue weighted by molar-refractivity contribution is 0.226. The molecule has 2 amide bonds. The van der Waals surface area contributed by atoms with E-state index in [1.165, 1.54) is 36.9 Å². The van der Waals surface area contributed by atoms with Crippen molar-refractivity contribution in [1.29, 1.82) is 0 Å². The van der Waals surface area contributed by atoms with Crippen molar-refractivity contribution >= 4 is 6.03 Å². The summed E-state index contributed by atoms with van der Waals surface area (Å²) in [5.74, 6) is 0. The number of amides is 2. The Kier molecular flexibility index (Phi) is 6.66. The summed E-state index contributed by atoms with van der Waals surface area (Å²) in [7, 11) is 4.11. The number of aromatic nitrogens is 2. The second-order valence-electron chi connectivity index (χ2n) is 7.20. The van der Waals surface area contributed by atoms with E-state index in [4.69, 9.17) is 0 Å². The van der Waals surface area contributed by atoms with E-state index >= 15 is 0 Å². The standard InChI is InChI=1S/C18H33N5O/c1-13(12-17-14(2)21-23(5)15(17)3)20-18(24)19-10-11-22(4)16-8-6-7-9-16/h13,16H,6-12H2,1-5H3,(H2,19,20,24)/t13-/m1/s1. The molecule has 0 spiro atoms. The van der Waals surface area contributed by atoms with Crippen molar-refractivity contribution in [2.24, 2.45) is 7.05 Å². The summed E-state index contributed by atoms with van der Waals surface area (Å²) in [4.78, 5) is 14.4. The maximum atomic E-state index is 12.1. The largest absolute Gasteiger partial charge is 0.337 e. The molecule has 1 aromatic heterocycles. The van der Waals surface area contributed by atoms with Crippen LogP contribution in [-0.4, -0.2) is 52.9 Å². The van der Waals surface area contributed by atoms with Gasteiger partial charge in [-0.15, -0.1) is 0 Å². The highest BCUT2D eigenvalue weighted by Gasteiger charge is 2.19. The Balaban J connectivity index is 1.69. The first kappa shape index (κ1) is 18.8. The minimum atomic E-state index is -0.0819. The van der Waals surface area contributed by atoms with Crippen LogP contribution in [0.4, 0.5) is 4.79 Å². The zero-order valence-corrected chi connectivity index (χ0v) is 15.9. The number of hydrogen-bond donors (Lipinski definition) is 2. The molecule has 0 radical (unpaired) electrons. The zero-order valence-electron chi connectivity index (χ0n) is 15.9. The van der Waals surface area contributed by atoms with Crippen LogP contribution in [-0.2, 0) is 13.5 Å². The Bertz CT molecular complexity index is 548. The lowest BCUT2D eigenvalue weighted by Gasteiger charge is -2.24. The second kappa shape index (κ2) is 8.51. The second-order valence-corrected chi connectivity index (χ2v) is 7.20. The van der Waals surface area contributed by atoms with Crippen LogP contribution in [0.15, 0.2) is 0 Å². The fourth-order valence-corrected chi connectivity index (χ4v) is 3.62. The van der Waals surface area contributed by atoms with Gasteiger partial charge in [0.25, 0.3) is 0 Å². The van der Waals surface area contributed by atoms with Gasteiger partial charge >= 0.3 is 6.03 Å². The Labute approximate surface area is 146 Å². The van der Waals surface area contributed by atoms with Crippen molar-refractivity contribution in [3.63, 3.8) is 0 Å². The van der Waals surface area contributed by atoms with E-state index in [1.54, 1.807) is 0 Å². The minimum Gasteiger partial charge on any atom is -0.337 e. The smallest absolute Gasteiger partial charge is 0.315 e. The van der Waals surface area contributed by atoms with E-state index in [1.807, 2.05) is 25.6 Å². The third kappa shape index (κ3) is 4.97. The maximum absolute atomic E-state index is 12.1. The fraction of sp³-hybridized carbons (Fsp3) is 0.778. The van der Waals surface area contributed by atoms with Gasteiger partial charge in [-0.05, 0) is 52.6 Å². The Morgan fingerprint density at radius 2 is 2.04 bits per heavy atom. The van der Waals surface area contributed by atoms with Gasteiger partial charge in [0.1, 0.15) is 0 Å². The number of urea groups is 1. The van der Waals surface area contributed by atoms with Crippen LogP contribution in [0, 0.1) is 13.8 Å². The fourth-order valence-electron chi connectivity index (χ4n) is 3.62. The summed E-state index contributed by atoms with van der Waals surface area (Å²) in [6, 6.07) is 0.700. The lowest BCUT2D eigenvalue weighted by atomic mass is 10.1. The van der Waals surface area contributed by atoms with Crippen LogP contribution < -0.4 is 10.6 Å². The first-order chi connectivity index (χ1) is 11.4. The van der Waals surface area contributed by atoms with Gasteiger partial charge in [-0.3, -0.25) is 4.68 Å². The average Bonchev–Trinajstić information content (AvgIpc) is 3.12. The topological polar surface area (TPSA) is 62.2 Å². The van der Waals surface area contributed by atoms with E-state index in [9.17, 15) is 4.79 Å². The van der Waals surface area contributed by atoms with Crippen LogP contribution in [0.2, 0.25) is 0 Å². The highest BCUT2D eigenvalue weighted by molar-refractivity contribution is 5.74. The van der Waals surface area contributed by atoms with Crippen molar-refractivity contribution in [3.05, 3.63) is 17.0 Å². The minimum absolute atomic E-state index is 0.0819. The summed E-state index contributed by atoms with van der Waals surface area (Å²) in [6.07, 6.45) is 6.08. The molecule has 1 atom stereocenters. The summed E-state index contributed by atoms with van der Waals surface area (Å²) >= 11 is 0. The predicted molar refractivity (Wildman–Crippen MR) is 97.3 cm³/mol. The normalized spacial score (nSPS) is 16.6. The number of carbonyl (C=O) groups excluding carboxylic acids is 1. The van der Waals surface area contributed by atoms with Gasteiger partial charge in [0.2, 0.25) is 0 Å². The molecular formula is C18H33N5O. The van der Waals surface area contributed by atoms with E-state index in [2.05, 4.69) is 34.6 Å². The van der Waals surface area contributed by atoms with E-state index < -0.39 is 0 Å². The van der Waals surface area contributed by atoms with Gasteiger partial charge < -0.3 is 15.5 Å². The van der Waals surface area contributed by atoms with Crippen LogP contribution in [0.3, 0.4) is 0 Å². The number of aryl methyl sites for hydroxylation is 2. The first-order valence-electron chi connectivity index (χ1n) is 9.12. The molecule has 0 saturated heterocycles. The van der Waals surface area contributed by atoms with Gasteiger partial charge in [0.15, 0.2) is 0 Å². The molecule has 1 aliphatic carbocycles. The highest BCUT2D eigenvalue weighted by Crippen LogP contribution is 2.21. The molecule has 6 nitrogen and oxygen atoms in total. The average molecular weight is 335 g/mol. The molecular weight excluding hydrogens is 302 g/mol. The number of carbonyl (C=O) groups is 1. The predicted octanol–water partition coefficient (Wildman–Crippen LogP) is 2.14. The van der Waals surface area contributed by atoms with E-state index in [-0.39, 0.29) is 12.1 Å². The quantitative estimate of drug-likeness (QED) is 0.802. The third-order valence-electron chi connectivity index (χ3n) is 5.24. The maximum Gasteiger partial charge on any atom is 0.315 e. The number of nitrogens with zero attached hydrogens (tertiary/aromatic N) is 3. The molecule has 1 aromatic rings. The number of likely N-dealkylation sites (N-methyl/N-ethyl adjacent to an activating group) is 1. The van der Waals surface area contributed by atoms with Crippen LogP contribution in [0.5, 0.6) is 0 Å². The van der Waals surface area contributed by atoms with Crippen molar-refractivity contribution in [2.45, 2.75) is 65.0 Å². The molecule has 1 saturated carbocycles. The van der Waals surface area contributed by atoms with Crippen LogP contribution in [0.1, 0.15) is 49.6 Å². The number of nitrogens with one attached hydrogen (secondary N) is 2. The SMILES string of the molecule is Cc1nn(C)c(C)c1C[C@@H](C)NC(=O)NCCN(C)C1CCCC1. The van der Waals surface area contributed by atoms with Gasteiger partial charge in [0, 0.05) is 37.9 Å². The highest BCUT2D eigenvalue weighted by atomic mass is 16.2. The summed E-state index contributed by atoms with van der Waals surface area (Å²) in [5, 5.41) is 10.4. The lowest BCUT2D eigenvalue weighted by Crippen LogP contribution is -2.44. The van der Waals surface area contributed by atoms with Gasteiger partial charge in [-0.2, -0.15) is 5.10 Å². The van der Waals surface area contributed by atoms with Crippen molar-refractivity contribution in [3.8, 4) is 0 Å². The van der Waals surface area contributed by atoms with E-state index in [0.717, 1.165) is 18.7 Å². The Morgan fingerprint density at radius 1 is 1.38 bits per heavy atom. The molecule has 24 heavy (non-hydrogen) atoms. The van der Waals surface area contributed by atoms with E-state index in [0.29, 0.717) is 12.6 Å². The summed E-state index contributed by atoms with van der Waals surface area (Å²) in [6.45, 7) is 7.73. The molecule has 2 N–H and O–H groups in total. The Morgan fingerprint density at radius 3 is 2.62 bits per heavy atom. The monoisotopic (exact) mass is 335 g/mol. The number of hydrogen-bond acceptors (Lipinski definition) is 3. The van der Waals surface area contributed by atoms with Crippen molar-refractivity contribution in [1.82, 2.24) is 25.3 Å². The molecule has 136 valence electrons. The van der Waals surface area contributed by atoms with Crippen LogP contribution in [0.25, 0.3) is 0 Å².